The summed E-state index contributed by atoms with van der Waals surface area (Å²) < 4.78 is 1.68. The first kappa shape index (κ1) is 13.3. The van der Waals surface area contributed by atoms with Crippen molar-refractivity contribution in [1.82, 2.24) is 14.6 Å². The summed E-state index contributed by atoms with van der Waals surface area (Å²) in [6, 6.07) is 8.98. The van der Waals surface area contributed by atoms with E-state index in [4.69, 9.17) is 16.7 Å². The number of benzene rings is 1. The summed E-state index contributed by atoms with van der Waals surface area (Å²) in [5, 5.41) is 13.7. The van der Waals surface area contributed by atoms with Crippen molar-refractivity contribution in [1.29, 1.82) is 0 Å². The van der Waals surface area contributed by atoms with Gasteiger partial charge in [0.25, 0.3) is 0 Å². The topological polar surface area (TPSA) is 67.5 Å². The van der Waals surface area contributed by atoms with E-state index < -0.39 is 5.97 Å². The summed E-state index contributed by atoms with van der Waals surface area (Å²) >= 11 is 6.08. The lowest BCUT2D eigenvalue weighted by Gasteiger charge is -2.05. The molecular weight excluding hydrogens is 302 g/mol. The Morgan fingerprint density at radius 1 is 1.32 bits per heavy atom. The van der Waals surface area contributed by atoms with Gasteiger partial charge in [0.1, 0.15) is 5.15 Å². The van der Waals surface area contributed by atoms with Crippen LogP contribution in [0.25, 0.3) is 5.65 Å². The number of imidazole rings is 1. The lowest BCUT2D eigenvalue weighted by atomic mass is 10.0. The fraction of sp³-hybridized carbons (Fsp3) is 0.188. The van der Waals surface area contributed by atoms with Gasteiger partial charge in [-0.05, 0) is 42.0 Å². The molecule has 0 spiro atoms. The van der Waals surface area contributed by atoms with E-state index in [1.165, 1.54) is 0 Å². The molecule has 1 fully saturated rings. The molecule has 3 aromatic rings. The molecule has 1 N–H and O–H groups in total. The second-order valence-corrected chi connectivity index (χ2v) is 5.88. The van der Waals surface area contributed by atoms with E-state index in [9.17, 15) is 4.79 Å². The fourth-order valence-electron chi connectivity index (χ4n) is 2.99. The van der Waals surface area contributed by atoms with Gasteiger partial charge in [-0.1, -0.05) is 23.7 Å². The Labute approximate surface area is 131 Å². The summed E-state index contributed by atoms with van der Waals surface area (Å²) in [6.45, 7) is 0. The molecule has 1 saturated carbocycles. The standard InChI is InChI=1S/C16H12ClN3O2/c17-14-8-13(15-18-4-5-20(15)19-14)12-7-11(12)9-2-1-3-10(6-9)16(21)22/h1-6,8,11-12H,7H2,(H,21,22)/t11-,12+/m1/s1. The van der Waals surface area contributed by atoms with Crippen LogP contribution < -0.4 is 0 Å². The maximum absolute atomic E-state index is 11.1. The highest BCUT2D eigenvalue weighted by Gasteiger charge is 2.41. The number of carboxylic acids is 1. The van der Waals surface area contributed by atoms with Crippen LogP contribution in [0.4, 0.5) is 0 Å². The molecule has 1 aromatic carbocycles. The fourth-order valence-corrected chi connectivity index (χ4v) is 3.19. The molecule has 2 atom stereocenters. The van der Waals surface area contributed by atoms with Gasteiger partial charge in [-0.25, -0.2) is 14.3 Å². The Morgan fingerprint density at radius 3 is 3.00 bits per heavy atom. The highest BCUT2D eigenvalue weighted by atomic mass is 35.5. The maximum atomic E-state index is 11.1. The molecule has 0 radical (unpaired) electrons. The number of aromatic nitrogens is 3. The van der Waals surface area contributed by atoms with Gasteiger partial charge >= 0.3 is 5.97 Å². The van der Waals surface area contributed by atoms with E-state index in [2.05, 4.69) is 10.1 Å². The molecule has 1 aliphatic rings. The molecule has 22 heavy (non-hydrogen) atoms. The van der Waals surface area contributed by atoms with Crippen molar-refractivity contribution in [2.24, 2.45) is 0 Å². The van der Waals surface area contributed by atoms with Gasteiger partial charge in [-0.15, -0.1) is 0 Å². The number of fused-ring (bicyclic) bond motifs is 1. The normalized spacial score (nSPS) is 20.2. The average Bonchev–Trinajstić information content (AvgIpc) is 3.17. The van der Waals surface area contributed by atoms with E-state index in [1.807, 2.05) is 12.1 Å². The second-order valence-electron chi connectivity index (χ2n) is 5.50. The van der Waals surface area contributed by atoms with E-state index in [0.29, 0.717) is 22.6 Å². The van der Waals surface area contributed by atoms with Gasteiger partial charge in [0.05, 0.1) is 5.56 Å². The minimum atomic E-state index is -0.901. The highest BCUT2D eigenvalue weighted by Crippen LogP contribution is 2.55. The van der Waals surface area contributed by atoms with Gasteiger partial charge in [0.15, 0.2) is 5.65 Å². The van der Waals surface area contributed by atoms with Crippen LogP contribution in [0, 0.1) is 0 Å². The van der Waals surface area contributed by atoms with E-state index in [1.54, 1.807) is 35.1 Å². The Hall–Kier alpha value is -2.40. The van der Waals surface area contributed by atoms with Crippen molar-refractivity contribution in [3.05, 3.63) is 64.6 Å². The van der Waals surface area contributed by atoms with Crippen molar-refractivity contribution in [3.63, 3.8) is 0 Å². The zero-order chi connectivity index (χ0) is 15.3. The van der Waals surface area contributed by atoms with Gasteiger partial charge in [-0.3, -0.25) is 0 Å². The highest BCUT2D eigenvalue weighted by molar-refractivity contribution is 6.29. The second kappa shape index (κ2) is 4.81. The van der Waals surface area contributed by atoms with Gasteiger partial charge in [0, 0.05) is 18.0 Å². The Balaban J connectivity index is 1.70. The number of nitrogens with zero attached hydrogens (tertiary/aromatic N) is 3. The molecule has 2 heterocycles. The third-order valence-corrected chi connectivity index (χ3v) is 4.29. The van der Waals surface area contributed by atoms with Crippen molar-refractivity contribution in [3.8, 4) is 0 Å². The summed E-state index contributed by atoms with van der Waals surface area (Å²) in [6.07, 6.45) is 4.43. The predicted octanol–water partition coefficient (Wildman–Crippen LogP) is 3.35. The lowest BCUT2D eigenvalue weighted by Crippen LogP contribution is -1.98. The maximum Gasteiger partial charge on any atom is 0.335 e. The Bertz CT molecular complexity index is 890. The molecule has 1 aliphatic carbocycles. The minimum Gasteiger partial charge on any atom is -0.478 e. The first-order valence-corrected chi connectivity index (χ1v) is 7.34. The van der Waals surface area contributed by atoms with Gasteiger partial charge < -0.3 is 5.11 Å². The van der Waals surface area contributed by atoms with E-state index in [-0.39, 0.29) is 0 Å². The summed E-state index contributed by atoms with van der Waals surface area (Å²) in [5.41, 5.74) is 3.24. The molecule has 0 unspecified atom stereocenters. The quantitative estimate of drug-likeness (QED) is 0.805. The van der Waals surface area contributed by atoms with Crippen LogP contribution in [0.1, 0.15) is 39.7 Å². The summed E-state index contributed by atoms with van der Waals surface area (Å²) in [5.74, 6) is -0.297. The zero-order valence-electron chi connectivity index (χ0n) is 11.5. The summed E-state index contributed by atoms with van der Waals surface area (Å²) in [7, 11) is 0. The average molecular weight is 314 g/mol. The van der Waals surface area contributed by atoms with Crippen molar-refractivity contribution in [2.45, 2.75) is 18.3 Å². The van der Waals surface area contributed by atoms with Crippen molar-refractivity contribution >= 4 is 23.2 Å². The number of hydrogen-bond acceptors (Lipinski definition) is 3. The molecule has 6 heteroatoms. The predicted molar refractivity (Wildman–Crippen MR) is 81.5 cm³/mol. The Kier molecular flexibility index (Phi) is 2.90. The largest absolute Gasteiger partial charge is 0.478 e. The van der Waals surface area contributed by atoms with Gasteiger partial charge in [-0.2, -0.15) is 5.10 Å². The zero-order valence-corrected chi connectivity index (χ0v) is 12.2. The van der Waals surface area contributed by atoms with Crippen LogP contribution in [0.5, 0.6) is 0 Å². The van der Waals surface area contributed by atoms with Crippen LogP contribution in [-0.2, 0) is 0 Å². The van der Waals surface area contributed by atoms with Gasteiger partial charge in [0.2, 0.25) is 0 Å². The molecule has 0 amide bonds. The molecule has 0 aliphatic heterocycles. The van der Waals surface area contributed by atoms with Crippen LogP contribution in [0.2, 0.25) is 5.15 Å². The number of carboxylic acid groups (broad SMARTS) is 1. The number of carbonyl (C=O) groups is 1. The van der Waals surface area contributed by atoms with Crippen LogP contribution >= 0.6 is 11.6 Å². The Morgan fingerprint density at radius 2 is 2.18 bits per heavy atom. The third-order valence-electron chi connectivity index (χ3n) is 4.11. The minimum absolute atomic E-state index is 0.300. The van der Waals surface area contributed by atoms with Crippen LogP contribution in [-0.4, -0.2) is 25.7 Å². The molecule has 0 saturated heterocycles. The van der Waals surface area contributed by atoms with E-state index in [0.717, 1.165) is 23.2 Å². The number of rotatable bonds is 3. The molecule has 5 nitrogen and oxygen atoms in total. The SMILES string of the molecule is O=C(O)c1cccc([C@H]2C[C@@H]2c2cc(Cl)nn3ccnc23)c1. The smallest absolute Gasteiger partial charge is 0.335 e. The molecule has 110 valence electrons. The summed E-state index contributed by atoms with van der Waals surface area (Å²) in [4.78, 5) is 15.4. The molecular formula is C16H12ClN3O2. The monoisotopic (exact) mass is 313 g/mol. The number of hydrogen-bond donors (Lipinski definition) is 1. The third kappa shape index (κ3) is 2.14. The van der Waals surface area contributed by atoms with Crippen molar-refractivity contribution in [2.75, 3.05) is 0 Å². The van der Waals surface area contributed by atoms with Crippen LogP contribution in [0.15, 0.2) is 42.7 Å². The van der Waals surface area contributed by atoms with Crippen molar-refractivity contribution < 1.29 is 9.90 Å². The lowest BCUT2D eigenvalue weighted by molar-refractivity contribution is 0.0697. The first-order valence-electron chi connectivity index (χ1n) is 6.96. The van der Waals surface area contributed by atoms with E-state index >= 15 is 0 Å². The number of aromatic carboxylic acids is 1. The first-order chi connectivity index (χ1) is 10.6. The van der Waals surface area contributed by atoms with Crippen LogP contribution in [0.3, 0.4) is 0 Å². The molecule has 0 bridgehead atoms. The number of halogens is 1. The molecule has 2 aromatic heterocycles. The molecule has 4 rings (SSSR count).